The maximum absolute atomic E-state index is 5.20. The van der Waals surface area contributed by atoms with E-state index in [1.54, 1.807) is 7.11 Å². The lowest BCUT2D eigenvalue weighted by atomic mass is 10.1. The quantitative estimate of drug-likeness (QED) is 0.792. The van der Waals surface area contributed by atoms with E-state index in [-0.39, 0.29) is 0 Å². The van der Waals surface area contributed by atoms with Gasteiger partial charge in [-0.2, -0.15) is 0 Å². The van der Waals surface area contributed by atoms with Gasteiger partial charge >= 0.3 is 0 Å². The first-order chi connectivity index (χ1) is 8.78. The van der Waals surface area contributed by atoms with Gasteiger partial charge in [0.25, 0.3) is 0 Å². The second-order valence-electron chi connectivity index (χ2n) is 4.73. The molecule has 18 heavy (non-hydrogen) atoms. The molecule has 0 aromatic heterocycles. The fourth-order valence-corrected chi connectivity index (χ4v) is 2.56. The van der Waals surface area contributed by atoms with Gasteiger partial charge in [-0.1, -0.05) is 17.7 Å². The van der Waals surface area contributed by atoms with Gasteiger partial charge in [-0.3, -0.25) is 0 Å². The number of methoxy groups -OCH3 is 1. The molecule has 1 aliphatic rings. The normalized spacial score (nSPS) is 13.6. The SMILES string of the molecule is COc1ccc(N2CCc3cc(C)ccc32)cc1. The number of anilines is 2. The molecule has 0 bridgehead atoms. The number of rotatable bonds is 2. The molecular formula is C16H17NO. The van der Waals surface area contributed by atoms with Gasteiger partial charge < -0.3 is 9.64 Å². The summed E-state index contributed by atoms with van der Waals surface area (Å²) >= 11 is 0. The molecule has 92 valence electrons. The van der Waals surface area contributed by atoms with Crippen LogP contribution in [0.4, 0.5) is 11.4 Å². The van der Waals surface area contributed by atoms with Gasteiger partial charge in [0.1, 0.15) is 5.75 Å². The average Bonchev–Trinajstić information content (AvgIpc) is 2.81. The third-order valence-corrected chi connectivity index (χ3v) is 3.51. The summed E-state index contributed by atoms with van der Waals surface area (Å²) < 4.78 is 5.20. The topological polar surface area (TPSA) is 12.5 Å². The number of nitrogens with zero attached hydrogens (tertiary/aromatic N) is 1. The maximum atomic E-state index is 5.20. The molecule has 0 unspecified atom stereocenters. The van der Waals surface area contributed by atoms with Crippen LogP contribution in [0.5, 0.6) is 5.75 Å². The first-order valence-corrected chi connectivity index (χ1v) is 6.29. The Labute approximate surface area is 108 Å². The van der Waals surface area contributed by atoms with Crippen LogP contribution in [0.15, 0.2) is 42.5 Å². The van der Waals surface area contributed by atoms with E-state index < -0.39 is 0 Å². The highest BCUT2D eigenvalue weighted by molar-refractivity contribution is 5.70. The highest BCUT2D eigenvalue weighted by atomic mass is 16.5. The average molecular weight is 239 g/mol. The van der Waals surface area contributed by atoms with Crippen molar-refractivity contribution < 1.29 is 4.74 Å². The summed E-state index contributed by atoms with van der Waals surface area (Å²) in [5, 5.41) is 0. The summed E-state index contributed by atoms with van der Waals surface area (Å²) in [6.07, 6.45) is 1.13. The lowest BCUT2D eigenvalue weighted by Crippen LogP contribution is -2.12. The van der Waals surface area contributed by atoms with Crippen molar-refractivity contribution in [2.45, 2.75) is 13.3 Å². The summed E-state index contributed by atoms with van der Waals surface area (Å²) in [4.78, 5) is 2.37. The third kappa shape index (κ3) is 1.84. The van der Waals surface area contributed by atoms with Crippen molar-refractivity contribution in [3.05, 3.63) is 53.6 Å². The van der Waals surface area contributed by atoms with Gasteiger partial charge in [0, 0.05) is 17.9 Å². The molecule has 0 aliphatic carbocycles. The predicted molar refractivity (Wildman–Crippen MR) is 74.9 cm³/mol. The fourth-order valence-electron chi connectivity index (χ4n) is 2.56. The molecule has 0 amide bonds. The molecular weight excluding hydrogens is 222 g/mol. The Hall–Kier alpha value is -1.96. The third-order valence-electron chi connectivity index (χ3n) is 3.51. The van der Waals surface area contributed by atoms with Gasteiger partial charge in [-0.25, -0.2) is 0 Å². The lowest BCUT2D eigenvalue weighted by molar-refractivity contribution is 0.415. The van der Waals surface area contributed by atoms with E-state index in [1.165, 1.54) is 22.5 Å². The number of hydrogen-bond donors (Lipinski definition) is 0. The second-order valence-corrected chi connectivity index (χ2v) is 4.73. The maximum Gasteiger partial charge on any atom is 0.119 e. The number of hydrogen-bond acceptors (Lipinski definition) is 2. The van der Waals surface area contributed by atoms with Crippen LogP contribution in [-0.2, 0) is 6.42 Å². The number of benzene rings is 2. The monoisotopic (exact) mass is 239 g/mol. The Kier molecular flexibility index (Phi) is 2.71. The van der Waals surface area contributed by atoms with E-state index in [2.05, 4.69) is 42.2 Å². The van der Waals surface area contributed by atoms with E-state index >= 15 is 0 Å². The summed E-state index contributed by atoms with van der Waals surface area (Å²) in [7, 11) is 1.70. The molecule has 2 heteroatoms. The molecule has 0 radical (unpaired) electrons. The number of ether oxygens (including phenoxy) is 1. The molecule has 2 nitrogen and oxygen atoms in total. The van der Waals surface area contributed by atoms with Gasteiger partial charge in [-0.05, 0) is 49.2 Å². The van der Waals surface area contributed by atoms with Crippen molar-refractivity contribution in [3.63, 3.8) is 0 Å². The van der Waals surface area contributed by atoms with E-state index in [0.717, 1.165) is 18.7 Å². The minimum Gasteiger partial charge on any atom is -0.497 e. The number of fused-ring (bicyclic) bond motifs is 1. The van der Waals surface area contributed by atoms with Crippen LogP contribution in [0.1, 0.15) is 11.1 Å². The summed E-state index contributed by atoms with van der Waals surface area (Å²) in [5.74, 6) is 0.905. The lowest BCUT2D eigenvalue weighted by Gasteiger charge is -2.19. The number of aryl methyl sites for hydroxylation is 1. The summed E-state index contributed by atoms with van der Waals surface area (Å²) in [5.41, 5.74) is 5.36. The molecule has 0 atom stereocenters. The van der Waals surface area contributed by atoms with Crippen LogP contribution in [-0.4, -0.2) is 13.7 Å². The van der Waals surface area contributed by atoms with Gasteiger partial charge in [0.05, 0.1) is 7.11 Å². The Balaban J connectivity index is 1.95. The van der Waals surface area contributed by atoms with E-state index in [1.807, 2.05) is 12.1 Å². The molecule has 0 saturated carbocycles. The smallest absolute Gasteiger partial charge is 0.119 e. The highest BCUT2D eigenvalue weighted by Crippen LogP contribution is 2.35. The van der Waals surface area contributed by atoms with Gasteiger partial charge in [-0.15, -0.1) is 0 Å². The second kappa shape index (κ2) is 4.37. The van der Waals surface area contributed by atoms with E-state index in [4.69, 9.17) is 4.74 Å². The van der Waals surface area contributed by atoms with Crippen molar-refractivity contribution in [1.29, 1.82) is 0 Å². The highest BCUT2D eigenvalue weighted by Gasteiger charge is 2.19. The van der Waals surface area contributed by atoms with Crippen molar-refractivity contribution in [2.24, 2.45) is 0 Å². The Morgan fingerprint density at radius 3 is 2.56 bits per heavy atom. The molecule has 0 spiro atoms. The molecule has 0 N–H and O–H groups in total. The van der Waals surface area contributed by atoms with E-state index in [9.17, 15) is 0 Å². The molecule has 1 heterocycles. The fraction of sp³-hybridized carbons (Fsp3) is 0.250. The van der Waals surface area contributed by atoms with Gasteiger partial charge in [0.15, 0.2) is 0 Å². The Bertz CT molecular complexity index is 560. The minimum atomic E-state index is 0.905. The van der Waals surface area contributed by atoms with Crippen LogP contribution in [0.2, 0.25) is 0 Å². The van der Waals surface area contributed by atoms with Crippen LogP contribution in [0.3, 0.4) is 0 Å². The Morgan fingerprint density at radius 2 is 1.83 bits per heavy atom. The standard InChI is InChI=1S/C16H17NO/c1-12-3-8-16-13(11-12)9-10-17(16)14-4-6-15(18-2)7-5-14/h3-8,11H,9-10H2,1-2H3. The van der Waals surface area contributed by atoms with Gasteiger partial charge in [0.2, 0.25) is 0 Å². The zero-order chi connectivity index (χ0) is 12.5. The summed E-state index contributed by atoms with van der Waals surface area (Å²) in [6, 6.07) is 15.0. The van der Waals surface area contributed by atoms with Crippen molar-refractivity contribution in [3.8, 4) is 5.75 Å². The zero-order valence-electron chi connectivity index (χ0n) is 10.8. The zero-order valence-corrected chi connectivity index (χ0v) is 10.8. The summed E-state index contributed by atoms with van der Waals surface area (Å²) in [6.45, 7) is 3.21. The van der Waals surface area contributed by atoms with Crippen LogP contribution < -0.4 is 9.64 Å². The largest absolute Gasteiger partial charge is 0.497 e. The predicted octanol–water partition coefficient (Wildman–Crippen LogP) is 3.70. The van der Waals surface area contributed by atoms with Crippen molar-refractivity contribution >= 4 is 11.4 Å². The molecule has 1 aliphatic heterocycles. The van der Waals surface area contributed by atoms with Crippen molar-refractivity contribution in [1.82, 2.24) is 0 Å². The molecule has 2 aromatic carbocycles. The van der Waals surface area contributed by atoms with Crippen molar-refractivity contribution in [2.75, 3.05) is 18.6 Å². The molecule has 0 fully saturated rings. The van der Waals surface area contributed by atoms with Crippen LogP contribution in [0, 0.1) is 6.92 Å². The molecule has 0 saturated heterocycles. The molecule has 3 rings (SSSR count). The van der Waals surface area contributed by atoms with Crippen LogP contribution >= 0.6 is 0 Å². The Morgan fingerprint density at radius 1 is 1.06 bits per heavy atom. The van der Waals surface area contributed by atoms with Crippen LogP contribution in [0.25, 0.3) is 0 Å². The van der Waals surface area contributed by atoms with E-state index in [0.29, 0.717) is 0 Å². The first-order valence-electron chi connectivity index (χ1n) is 6.29. The minimum absolute atomic E-state index is 0.905. The first kappa shape index (κ1) is 11.1. The molecule has 2 aromatic rings.